The quantitative estimate of drug-likeness (QED) is 0.852. The summed E-state index contributed by atoms with van der Waals surface area (Å²) in [5, 5.41) is 5.66. The van der Waals surface area contributed by atoms with Crippen LogP contribution in [0.2, 0.25) is 0 Å². The van der Waals surface area contributed by atoms with Crippen LogP contribution in [0.3, 0.4) is 0 Å². The smallest absolute Gasteiger partial charge is 0.229 e. The Morgan fingerprint density at radius 2 is 2.38 bits per heavy atom. The number of hydrogen-bond donors (Lipinski definition) is 2. The Morgan fingerprint density at radius 1 is 1.52 bits per heavy atom. The van der Waals surface area contributed by atoms with Crippen LogP contribution in [-0.2, 0) is 9.59 Å². The summed E-state index contributed by atoms with van der Waals surface area (Å²) in [5.41, 5.74) is 1.73. The zero-order valence-corrected chi connectivity index (χ0v) is 13.1. The van der Waals surface area contributed by atoms with E-state index in [1.165, 1.54) is 0 Å². The van der Waals surface area contributed by atoms with Crippen molar-refractivity contribution < 1.29 is 9.59 Å². The van der Waals surface area contributed by atoms with Crippen LogP contribution in [0.5, 0.6) is 0 Å². The molecule has 0 saturated carbocycles. The summed E-state index contributed by atoms with van der Waals surface area (Å²) < 4.78 is 2.08. The first-order chi connectivity index (χ1) is 10.2. The van der Waals surface area contributed by atoms with Crippen LogP contribution in [0.1, 0.15) is 12.8 Å². The molecule has 0 radical (unpaired) electrons. The second-order valence-electron chi connectivity index (χ2n) is 4.90. The van der Waals surface area contributed by atoms with Gasteiger partial charge in [-0.2, -0.15) is 0 Å². The first kappa shape index (κ1) is 14.3. The van der Waals surface area contributed by atoms with Crippen LogP contribution < -0.4 is 10.6 Å². The SMILES string of the molecule is CSc1nc2ccc(NC(=O)C3CCC(=O)NC3)cc2s1. The molecule has 0 spiro atoms. The molecule has 1 aliphatic rings. The van der Waals surface area contributed by atoms with E-state index >= 15 is 0 Å². The van der Waals surface area contributed by atoms with Crippen LogP contribution >= 0.6 is 23.1 Å². The Morgan fingerprint density at radius 3 is 3.10 bits per heavy atom. The number of nitrogens with zero attached hydrogens (tertiary/aromatic N) is 1. The number of carbonyl (C=O) groups is 2. The molecule has 1 aliphatic heterocycles. The number of fused-ring (bicyclic) bond motifs is 1. The molecule has 21 heavy (non-hydrogen) atoms. The molecule has 2 amide bonds. The van der Waals surface area contributed by atoms with Gasteiger partial charge < -0.3 is 10.6 Å². The van der Waals surface area contributed by atoms with E-state index in [4.69, 9.17) is 0 Å². The fourth-order valence-corrected chi connectivity index (χ4v) is 3.80. The number of nitrogens with one attached hydrogen (secondary N) is 2. The molecule has 1 aromatic carbocycles. The number of thioether (sulfide) groups is 1. The minimum absolute atomic E-state index is 0.0229. The van der Waals surface area contributed by atoms with Gasteiger partial charge >= 0.3 is 0 Å². The minimum Gasteiger partial charge on any atom is -0.355 e. The number of rotatable bonds is 3. The Bertz CT molecular complexity index is 689. The fraction of sp³-hybridized carbons (Fsp3) is 0.357. The third-order valence-corrected chi connectivity index (χ3v) is 5.45. The summed E-state index contributed by atoms with van der Waals surface area (Å²) in [5.74, 6) is -0.166. The van der Waals surface area contributed by atoms with Gasteiger partial charge in [-0.3, -0.25) is 9.59 Å². The first-order valence-corrected chi connectivity index (χ1v) is 8.72. The molecule has 110 valence electrons. The van der Waals surface area contributed by atoms with Gasteiger partial charge in [0.2, 0.25) is 11.8 Å². The molecular formula is C14H15N3O2S2. The molecule has 1 aromatic heterocycles. The largest absolute Gasteiger partial charge is 0.355 e. The highest BCUT2D eigenvalue weighted by Crippen LogP contribution is 2.30. The molecule has 2 aromatic rings. The van der Waals surface area contributed by atoms with Crippen molar-refractivity contribution in [1.82, 2.24) is 10.3 Å². The summed E-state index contributed by atoms with van der Waals surface area (Å²) in [7, 11) is 0. The van der Waals surface area contributed by atoms with Gasteiger partial charge in [-0.15, -0.1) is 11.3 Å². The van der Waals surface area contributed by atoms with Crippen molar-refractivity contribution in [1.29, 1.82) is 0 Å². The number of aromatic nitrogens is 1. The summed E-state index contributed by atoms with van der Waals surface area (Å²) >= 11 is 3.24. The zero-order chi connectivity index (χ0) is 14.8. The monoisotopic (exact) mass is 321 g/mol. The molecule has 7 heteroatoms. The van der Waals surface area contributed by atoms with E-state index in [-0.39, 0.29) is 17.7 Å². The van der Waals surface area contributed by atoms with Crippen LogP contribution in [0.15, 0.2) is 22.5 Å². The number of thiazole rings is 1. The van der Waals surface area contributed by atoms with Crippen molar-refractivity contribution in [2.45, 2.75) is 17.2 Å². The summed E-state index contributed by atoms with van der Waals surface area (Å²) in [6, 6.07) is 5.74. The van der Waals surface area contributed by atoms with Gasteiger partial charge in [0, 0.05) is 18.7 Å². The summed E-state index contributed by atoms with van der Waals surface area (Å²) in [4.78, 5) is 27.8. The van der Waals surface area contributed by atoms with E-state index in [0.29, 0.717) is 19.4 Å². The van der Waals surface area contributed by atoms with E-state index < -0.39 is 0 Å². The van der Waals surface area contributed by atoms with Crippen molar-refractivity contribution in [3.8, 4) is 0 Å². The van der Waals surface area contributed by atoms with E-state index in [0.717, 1.165) is 20.2 Å². The van der Waals surface area contributed by atoms with E-state index in [2.05, 4.69) is 15.6 Å². The lowest BCUT2D eigenvalue weighted by Crippen LogP contribution is -2.40. The number of hydrogen-bond acceptors (Lipinski definition) is 5. The van der Waals surface area contributed by atoms with Crippen molar-refractivity contribution >= 4 is 50.8 Å². The maximum atomic E-state index is 12.2. The molecule has 2 heterocycles. The Balaban J connectivity index is 1.72. The van der Waals surface area contributed by atoms with Crippen LogP contribution in [0.25, 0.3) is 10.2 Å². The Labute approximate surface area is 130 Å². The molecule has 2 N–H and O–H groups in total. The predicted molar refractivity (Wildman–Crippen MR) is 85.8 cm³/mol. The lowest BCUT2D eigenvalue weighted by Gasteiger charge is -2.21. The van der Waals surface area contributed by atoms with Gasteiger partial charge in [-0.25, -0.2) is 4.98 Å². The van der Waals surface area contributed by atoms with Crippen LogP contribution in [-0.4, -0.2) is 29.6 Å². The summed E-state index contributed by atoms with van der Waals surface area (Å²) in [6.45, 7) is 0.421. The number of carbonyl (C=O) groups excluding carboxylic acids is 2. The first-order valence-electron chi connectivity index (χ1n) is 6.68. The molecule has 5 nitrogen and oxygen atoms in total. The Kier molecular flexibility index (Phi) is 4.12. The second kappa shape index (κ2) is 6.03. The summed E-state index contributed by atoms with van der Waals surface area (Å²) in [6.07, 6.45) is 3.03. The highest BCUT2D eigenvalue weighted by molar-refractivity contribution is 8.00. The lowest BCUT2D eigenvalue weighted by atomic mass is 9.98. The Hall–Kier alpha value is -1.60. The second-order valence-corrected chi connectivity index (χ2v) is 6.98. The van der Waals surface area contributed by atoms with E-state index in [9.17, 15) is 9.59 Å². The highest BCUT2D eigenvalue weighted by atomic mass is 32.2. The normalized spacial score (nSPS) is 18.5. The van der Waals surface area contributed by atoms with Gasteiger partial charge in [0.15, 0.2) is 4.34 Å². The molecule has 1 fully saturated rings. The van der Waals surface area contributed by atoms with Gasteiger partial charge in [0.05, 0.1) is 16.1 Å². The van der Waals surface area contributed by atoms with Gasteiger partial charge in [0.25, 0.3) is 0 Å². The molecule has 0 bridgehead atoms. The average molecular weight is 321 g/mol. The topological polar surface area (TPSA) is 71.1 Å². The maximum absolute atomic E-state index is 12.2. The molecule has 1 atom stereocenters. The third kappa shape index (κ3) is 3.19. The van der Waals surface area contributed by atoms with Crippen molar-refractivity contribution in [2.75, 3.05) is 18.1 Å². The third-order valence-electron chi connectivity index (χ3n) is 3.45. The standard InChI is InChI=1S/C14H15N3O2S2/c1-20-14-17-10-4-3-9(6-11(10)21-14)16-13(19)8-2-5-12(18)15-7-8/h3-4,6,8H,2,5,7H2,1H3,(H,15,18)(H,16,19). The number of anilines is 1. The van der Waals surface area contributed by atoms with Crippen LogP contribution in [0, 0.1) is 5.92 Å². The molecule has 3 rings (SSSR count). The minimum atomic E-state index is -0.151. The van der Waals surface area contributed by atoms with E-state index in [1.807, 2.05) is 24.5 Å². The number of benzene rings is 1. The van der Waals surface area contributed by atoms with Crippen molar-refractivity contribution in [2.24, 2.45) is 5.92 Å². The predicted octanol–water partition coefficient (Wildman–Crippen LogP) is 2.48. The maximum Gasteiger partial charge on any atom is 0.229 e. The van der Waals surface area contributed by atoms with Crippen LogP contribution in [0.4, 0.5) is 5.69 Å². The van der Waals surface area contributed by atoms with Crippen molar-refractivity contribution in [3.63, 3.8) is 0 Å². The van der Waals surface area contributed by atoms with E-state index in [1.54, 1.807) is 23.1 Å². The number of amides is 2. The fourth-order valence-electron chi connectivity index (χ4n) is 2.27. The molecule has 1 saturated heterocycles. The van der Waals surface area contributed by atoms with Gasteiger partial charge in [0.1, 0.15) is 0 Å². The lowest BCUT2D eigenvalue weighted by molar-refractivity contribution is -0.126. The molecular weight excluding hydrogens is 306 g/mol. The zero-order valence-electron chi connectivity index (χ0n) is 11.5. The highest BCUT2D eigenvalue weighted by Gasteiger charge is 2.24. The van der Waals surface area contributed by atoms with Crippen molar-refractivity contribution in [3.05, 3.63) is 18.2 Å². The number of piperidine rings is 1. The molecule has 1 unspecified atom stereocenters. The van der Waals surface area contributed by atoms with Gasteiger partial charge in [-0.05, 0) is 30.9 Å². The molecule has 0 aliphatic carbocycles. The average Bonchev–Trinajstić information content (AvgIpc) is 2.90. The van der Waals surface area contributed by atoms with Gasteiger partial charge in [-0.1, -0.05) is 11.8 Å².